The van der Waals surface area contributed by atoms with E-state index in [1.807, 2.05) is 42.2 Å². The summed E-state index contributed by atoms with van der Waals surface area (Å²) in [7, 11) is 0. The van der Waals surface area contributed by atoms with E-state index in [4.69, 9.17) is 17.0 Å². The van der Waals surface area contributed by atoms with Crippen LogP contribution in [0.5, 0.6) is 0 Å². The van der Waals surface area contributed by atoms with Crippen molar-refractivity contribution in [3.8, 4) is 0 Å². The fourth-order valence-electron chi connectivity index (χ4n) is 5.71. The second kappa shape index (κ2) is 12.8. The van der Waals surface area contributed by atoms with E-state index < -0.39 is 5.90 Å². The number of carbonyl (C=O) groups excluding carboxylic acids is 1. The van der Waals surface area contributed by atoms with Crippen LogP contribution in [0.25, 0.3) is 11.0 Å². The first kappa shape index (κ1) is 29.8. The molecule has 0 bridgehead atoms. The molecule has 2 aromatic carbocycles. The number of carbonyl (C=O) groups is 1. The number of nitrogens with one attached hydrogen (secondary N) is 2. The average Bonchev–Trinajstić information content (AvgIpc) is 3.80. The molecular formula is C32H29ClIN6O2S-. The molecule has 0 spiro atoms. The molecule has 43 heavy (non-hydrogen) atoms. The molecule has 1 amide bonds. The van der Waals surface area contributed by atoms with E-state index in [1.165, 1.54) is 32.0 Å². The van der Waals surface area contributed by atoms with Crippen LogP contribution in [0.4, 0.5) is 0 Å². The van der Waals surface area contributed by atoms with Gasteiger partial charge < -0.3 is 15.4 Å². The van der Waals surface area contributed by atoms with E-state index in [1.54, 1.807) is 6.20 Å². The van der Waals surface area contributed by atoms with Crippen molar-refractivity contribution in [3.05, 3.63) is 103 Å². The fourth-order valence-corrected chi connectivity index (χ4v) is 7.33. The second-order valence-electron chi connectivity index (χ2n) is 10.8. The Kier molecular flexibility index (Phi) is 8.88. The Balaban J connectivity index is 0.000000157. The van der Waals surface area contributed by atoms with Crippen LogP contribution >= 0.6 is 46.0 Å². The van der Waals surface area contributed by atoms with E-state index in [-0.39, 0.29) is 17.2 Å². The summed E-state index contributed by atoms with van der Waals surface area (Å²) in [6, 6.07) is 18.2. The van der Waals surface area contributed by atoms with Gasteiger partial charge in [-0.05, 0) is 114 Å². The van der Waals surface area contributed by atoms with Crippen molar-refractivity contribution < 1.29 is 9.90 Å². The van der Waals surface area contributed by atoms with Crippen LogP contribution in [-0.2, 0) is 6.42 Å². The Hall–Kier alpha value is -3.22. The third kappa shape index (κ3) is 6.51. The molecule has 2 atom stereocenters. The molecule has 4 aromatic rings. The topological polar surface area (TPSA) is 121 Å². The number of amides is 1. The summed E-state index contributed by atoms with van der Waals surface area (Å²) in [5.74, 6) is -0.467. The van der Waals surface area contributed by atoms with E-state index in [9.17, 15) is 9.90 Å². The standard InChI is InChI=1S/C18H17ClN4O.C14H13IN2OS/c1-11-15-9-13(10-20-17(15)22-21-11)18(24)23-8-2-3-16(23)12-4-6-14(19)7-5-12;15-10-3-1-8(2-4-10)5-9-7-17-14-11(9)6-12(19-14)13(16)18/h4-7,9-10,16H,2-3,8H2,1H3,(H,20,21,22);1-4,12H,5-7H2,(H2,16,18)/p-1/t16-;/m0./s1. The maximum absolute atomic E-state index is 13.0. The molecule has 11 heteroatoms. The first-order valence-corrected chi connectivity index (χ1v) is 16.4. The average molecular weight is 724 g/mol. The number of aliphatic imine (C=N–C) groups is 1. The van der Waals surface area contributed by atoms with Crippen molar-refractivity contribution in [3.63, 3.8) is 0 Å². The minimum atomic E-state index is -0.483. The van der Waals surface area contributed by atoms with Crippen LogP contribution in [-0.4, -0.2) is 55.3 Å². The summed E-state index contributed by atoms with van der Waals surface area (Å²) in [6.07, 6.45) is 5.17. The number of likely N-dealkylation sites (tertiary alicyclic amines) is 1. The molecular weight excluding hydrogens is 695 g/mol. The van der Waals surface area contributed by atoms with Crippen molar-refractivity contribution >= 4 is 73.8 Å². The molecule has 8 nitrogen and oxygen atoms in total. The summed E-state index contributed by atoms with van der Waals surface area (Å²) >= 11 is 9.73. The van der Waals surface area contributed by atoms with Gasteiger partial charge in [0.05, 0.1) is 23.2 Å². The van der Waals surface area contributed by atoms with Gasteiger partial charge in [-0.25, -0.2) is 4.98 Å². The molecule has 1 unspecified atom stereocenters. The molecule has 2 saturated heterocycles. The fraction of sp³-hybridized carbons (Fsp3) is 0.281. The van der Waals surface area contributed by atoms with Crippen molar-refractivity contribution in [2.45, 2.75) is 43.9 Å². The minimum Gasteiger partial charge on any atom is -0.861 e. The smallest absolute Gasteiger partial charge is 0.255 e. The van der Waals surface area contributed by atoms with Gasteiger partial charge in [-0.15, -0.1) is 0 Å². The Bertz CT molecular complexity index is 1750. The zero-order valence-corrected chi connectivity index (χ0v) is 27.2. The number of hydrogen-bond donors (Lipinski definition) is 2. The molecule has 220 valence electrons. The lowest BCUT2D eigenvalue weighted by atomic mass is 9.99. The van der Waals surface area contributed by atoms with Gasteiger partial charge in [0.15, 0.2) is 5.65 Å². The normalized spacial score (nSPS) is 19.3. The molecule has 2 fully saturated rings. The lowest BCUT2D eigenvalue weighted by molar-refractivity contribution is -0.219. The Morgan fingerprint density at radius 1 is 1.21 bits per heavy atom. The zero-order valence-electron chi connectivity index (χ0n) is 23.4. The molecule has 0 aliphatic carbocycles. The molecule has 7 rings (SSSR count). The Labute approximate surface area is 272 Å². The summed E-state index contributed by atoms with van der Waals surface area (Å²) in [4.78, 5) is 23.7. The number of fused-ring (bicyclic) bond motifs is 2. The highest BCUT2D eigenvalue weighted by Gasteiger charge is 2.32. The monoisotopic (exact) mass is 723 g/mol. The SMILES string of the molecule is Cc1[nH]nc2ncc(C(=O)N3CCC[C@H]3c3ccc(Cl)cc3)cc12.N=C([O-])C1CC2=C(Cc3ccc(I)cc3)CN=C2S1. The third-order valence-corrected chi connectivity index (χ3v) is 10.2. The molecule has 3 aliphatic heterocycles. The first-order valence-electron chi connectivity index (χ1n) is 14.1. The van der Waals surface area contributed by atoms with Gasteiger partial charge in [-0.1, -0.05) is 47.6 Å². The predicted octanol–water partition coefficient (Wildman–Crippen LogP) is 6.28. The summed E-state index contributed by atoms with van der Waals surface area (Å²) < 4.78 is 1.23. The van der Waals surface area contributed by atoms with Crippen molar-refractivity contribution in [2.75, 3.05) is 13.1 Å². The van der Waals surface area contributed by atoms with Gasteiger partial charge in [0.2, 0.25) is 0 Å². The van der Waals surface area contributed by atoms with Gasteiger partial charge in [0.1, 0.15) is 0 Å². The summed E-state index contributed by atoms with van der Waals surface area (Å²) in [5.41, 5.74) is 7.10. The number of halogens is 2. The van der Waals surface area contributed by atoms with Gasteiger partial charge in [-0.2, -0.15) is 5.10 Å². The molecule has 5 heterocycles. The number of aromatic amines is 1. The third-order valence-electron chi connectivity index (χ3n) is 7.98. The molecule has 3 aliphatic rings. The molecule has 0 radical (unpaired) electrons. The van der Waals surface area contributed by atoms with Crippen molar-refractivity contribution in [2.24, 2.45) is 4.99 Å². The summed E-state index contributed by atoms with van der Waals surface area (Å²) in [5, 5.41) is 27.7. The van der Waals surface area contributed by atoms with Crippen molar-refractivity contribution in [1.29, 1.82) is 5.41 Å². The Morgan fingerprint density at radius 2 is 1.98 bits per heavy atom. The number of H-pyrrole nitrogens is 1. The number of nitrogens with zero attached hydrogens (tertiary/aromatic N) is 4. The molecule has 0 saturated carbocycles. The highest BCUT2D eigenvalue weighted by Crippen LogP contribution is 2.39. The van der Waals surface area contributed by atoms with Gasteiger partial charge in [0.25, 0.3) is 5.91 Å². The highest BCUT2D eigenvalue weighted by molar-refractivity contribution is 14.1. The number of hydrogen-bond acceptors (Lipinski definition) is 7. The van der Waals surface area contributed by atoms with Crippen LogP contribution in [0.1, 0.15) is 52.5 Å². The number of pyridine rings is 1. The Morgan fingerprint density at radius 3 is 2.72 bits per heavy atom. The molecule has 2 N–H and O–H groups in total. The quantitative estimate of drug-likeness (QED) is 0.143. The van der Waals surface area contributed by atoms with E-state index in [2.05, 4.69) is 67.0 Å². The van der Waals surface area contributed by atoms with E-state index in [0.717, 1.165) is 54.0 Å². The lowest BCUT2D eigenvalue weighted by Gasteiger charge is -2.25. The second-order valence-corrected chi connectivity index (χ2v) is 13.7. The number of aryl methyl sites for hydroxylation is 1. The summed E-state index contributed by atoms with van der Waals surface area (Å²) in [6.45, 7) is 3.44. The maximum atomic E-state index is 13.0. The first-order chi connectivity index (χ1) is 20.8. The van der Waals surface area contributed by atoms with E-state index >= 15 is 0 Å². The van der Waals surface area contributed by atoms with Crippen LogP contribution in [0.15, 0.2) is 76.9 Å². The highest BCUT2D eigenvalue weighted by atomic mass is 127. The van der Waals surface area contributed by atoms with Crippen LogP contribution in [0.3, 0.4) is 0 Å². The minimum absolute atomic E-state index is 0.0162. The van der Waals surface area contributed by atoms with Gasteiger partial charge in [-0.3, -0.25) is 14.9 Å². The van der Waals surface area contributed by atoms with Crippen LogP contribution < -0.4 is 5.11 Å². The largest absolute Gasteiger partial charge is 0.861 e. The predicted molar refractivity (Wildman–Crippen MR) is 179 cm³/mol. The maximum Gasteiger partial charge on any atom is 0.255 e. The van der Waals surface area contributed by atoms with Gasteiger partial charge in [0, 0.05) is 37.7 Å². The van der Waals surface area contributed by atoms with Crippen LogP contribution in [0, 0.1) is 15.9 Å². The lowest BCUT2D eigenvalue weighted by Crippen LogP contribution is -2.30. The van der Waals surface area contributed by atoms with E-state index in [0.29, 0.717) is 22.7 Å². The van der Waals surface area contributed by atoms with Gasteiger partial charge >= 0.3 is 0 Å². The number of rotatable bonds is 5. The van der Waals surface area contributed by atoms with Crippen LogP contribution in [0.2, 0.25) is 5.02 Å². The number of benzene rings is 2. The molecule has 2 aromatic heterocycles. The number of aromatic nitrogens is 3. The zero-order chi connectivity index (χ0) is 30.1. The number of thioether (sulfide) groups is 1. The van der Waals surface area contributed by atoms with Crippen molar-refractivity contribution in [1.82, 2.24) is 20.1 Å².